The highest BCUT2D eigenvalue weighted by atomic mass is 16.5. The molecule has 1 aliphatic rings. The molecule has 1 amide bonds. The molecule has 0 saturated heterocycles. The number of aryl methyl sites for hydroxylation is 1. The third kappa shape index (κ3) is 2.97. The van der Waals surface area contributed by atoms with Crippen LogP contribution in [0.1, 0.15) is 24.2 Å². The van der Waals surface area contributed by atoms with Gasteiger partial charge in [-0.3, -0.25) is 4.79 Å². The summed E-state index contributed by atoms with van der Waals surface area (Å²) in [6.07, 6.45) is -0.130. The highest BCUT2D eigenvalue weighted by Crippen LogP contribution is 2.28. The van der Waals surface area contributed by atoms with Gasteiger partial charge in [0.1, 0.15) is 23.9 Å². The van der Waals surface area contributed by atoms with Crippen LogP contribution in [0.2, 0.25) is 0 Å². The molecule has 20 heavy (non-hydrogen) atoms. The number of nitrogens with two attached hydrogens (primary N) is 1. The van der Waals surface area contributed by atoms with Crippen LogP contribution in [-0.2, 0) is 9.53 Å². The van der Waals surface area contributed by atoms with Gasteiger partial charge in [-0.05, 0) is 19.4 Å². The molecule has 104 valence electrons. The standard InChI is InChI=1S/C14H16N4O2/c1-8-4-3-5-10(6-8)13-12(17-9(2)20-13)14(19)18-11(16)7-15/h3-7,9,13,15H,1-2H3,(H2,16,18,19). The topological polar surface area (TPSA) is 101 Å². The van der Waals surface area contributed by atoms with Gasteiger partial charge in [0, 0.05) is 0 Å². The largest absolute Gasteiger partial charge is 0.382 e. The van der Waals surface area contributed by atoms with Gasteiger partial charge in [-0.25, -0.2) is 4.99 Å². The fourth-order valence-electron chi connectivity index (χ4n) is 2.00. The quantitative estimate of drug-likeness (QED) is 0.642. The maximum absolute atomic E-state index is 12.0. The summed E-state index contributed by atoms with van der Waals surface area (Å²) in [6.45, 7) is 3.72. The minimum absolute atomic E-state index is 0.153. The summed E-state index contributed by atoms with van der Waals surface area (Å²) in [6, 6.07) is 7.68. The van der Waals surface area contributed by atoms with E-state index in [1.54, 1.807) is 6.92 Å². The van der Waals surface area contributed by atoms with Gasteiger partial charge in [0.25, 0.3) is 5.91 Å². The molecule has 2 rings (SSSR count). The summed E-state index contributed by atoms with van der Waals surface area (Å²) >= 11 is 0. The molecule has 0 aliphatic carbocycles. The van der Waals surface area contributed by atoms with E-state index in [0.717, 1.165) is 17.3 Å². The molecule has 0 aromatic heterocycles. The fourth-order valence-corrected chi connectivity index (χ4v) is 2.00. The summed E-state index contributed by atoms with van der Waals surface area (Å²) in [4.78, 5) is 19.8. The van der Waals surface area contributed by atoms with Crippen LogP contribution < -0.4 is 5.73 Å². The van der Waals surface area contributed by atoms with Gasteiger partial charge in [0.05, 0.1) is 6.21 Å². The first kappa shape index (κ1) is 14.1. The number of ether oxygens (including phenoxy) is 1. The number of amides is 1. The number of nitrogens with one attached hydrogen (secondary N) is 1. The normalized spacial score (nSPS) is 22.5. The van der Waals surface area contributed by atoms with Crippen molar-refractivity contribution in [1.82, 2.24) is 0 Å². The molecular weight excluding hydrogens is 256 g/mol. The molecule has 0 radical (unpaired) electrons. The number of benzene rings is 1. The van der Waals surface area contributed by atoms with Gasteiger partial charge in [-0.2, -0.15) is 4.99 Å². The smallest absolute Gasteiger partial charge is 0.296 e. The SMILES string of the molecule is Cc1cccc(C2OC(C)N=C2C(=O)N=C(N)C=N)c1. The van der Waals surface area contributed by atoms with Crippen molar-refractivity contribution in [3.63, 3.8) is 0 Å². The van der Waals surface area contributed by atoms with Crippen molar-refractivity contribution in [2.75, 3.05) is 0 Å². The number of hydrogen-bond donors (Lipinski definition) is 2. The Hall–Kier alpha value is -2.34. The number of carbonyl (C=O) groups is 1. The summed E-state index contributed by atoms with van der Waals surface area (Å²) in [5.41, 5.74) is 7.51. The first-order chi connectivity index (χ1) is 9.51. The first-order valence-electron chi connectivity index (χ1n) is 6.20. The van der Waals surface area contributed by atoms with Gasteiger partial charge in [0.15, 0.2) is 0 Å². The monoisotopic (exact) mass is 272 g/mol. The highest BCUT2D eigenvalue weighted by Gasteiger charge is 2.32. The number of nitrogens with zero attached hydrogens (tertiary/aromatic N) is 2. The predicted molar refractivity (Wildman–Crippen MR) is 77.3 cm³/mol. The van der Waals surface area contributed by atoms with E-state index < -0.39 is 18.2 Å². The lowest BCUT2D eigenvalue weighted by atomic mass is 10.0. The molecule has 6 nitrogen and oxygen atoms in total. The minimum atomic E-state index is -0.568. The number of hydrogen-bond acceptors (Lipinski definition) is 4. The number of aliphatic imine (C=N–C) groups is 2. The maximum Gasteiger partial charge on any atom is 0.296 e. The third-order valence-electron chi connectivity index (χ3n) is 2.84. The molecule has 1 aromatic rings. The van der Waals surface area contributed by atoms with E-state index in [2.05, 4.69) is 9.98 Å². The van der Waals surface area contributed by atoms with Crippen molar-refractivity contribution >= 4 is 23.7 Å². The fraction of sp³-hybridized carbons (Fsp3) is 0.286. The lowest BCUT2D eigenvalue weighted by molar-refractivity contribution is -0.112. The summed E-state index contributed by atoms with van der Waals surface area (Å²) in [5, 5.41) is 6.95. The van der Waals surface area contributed by atoms with Gasteiger partial charge in [-0.15, -0.1) is 0 Å². The Balaban J connectivity index is 2.33. The Kier molecular flexibility index (Phi) is 4.05. The van der Waals surface area contributed by atoms with E-state index in [9.17, 15) is 4.79 Å². The van der Waals surface area contributed by atoms with Crippen LogP contribution in [0.3, 0.4) is 0 Å². The lowest BCUT2D eigenvalue weighted by Gasteiger charge is -2.13. The molecule has 6 heteroatoms. The summed E-state index contributed by atoms with van der Waals surface area (Å²) in [7, 11) is 0. The first-order valence-corrected chi connectivity index (χ1v) is 6.20. The molecular formula is C14H16N4O2. The van der Waals surface area contributed by atoms with Gasteiger partial charge >= 0.3 is 0 Å². The average Bonchev–Trinajstić information content (AvgIpc) is 2.81. The van der Waals surface area contributed by atoms with E-state index in [1.807, 2.05) is 31.2 Å². The Labute approximate surface area is 116 Å². The second kappa shape index (κ2) is 5.75. The van der Waals surface area contributed by atoms with E-state index in [4.69, 9.17) is 15.9 Å². The van der Waals surface area contributed by atoms with Crippen molar-refractivity contribution in [2.45, 2.75) is 26.2 Å². The molecule has 0 saturated carbocycles. The van der Waals surface area contributed by atoms with Crippen LogP contribution in [0.15, 0.2) is 34.3 Å². The van der Waals surface area contributed by atoms with Crippen LogP contribution in [0.5, 0.6) is 0 Å². The van der Waals surface area contributed by atoms with Gasteiger partial charge < -0.3 is 15.9 Å². The van der Waals surface area contributed by atoms with Gasteiger partial charge in [0.2, 0.25) is 0 Å². The van der Waals surface area contributed by atoms with Crippen molar-refractivity contribution in [3.05, 3.63) is 35.4 Å². The highest BCUT2D eigenvalue weighted by molar-refractivity contribution is 6.45. The second-order valence-electron chi connectivity index (χ2n) is 4.53. The zero-order valence-corrected chi connectivity index (χ0v) is 11.3. The maximum atomic E-state index is 12.0. The van der Waals surface area contributed by atoms with E-state index in [-0.39, 0.29) is 11.5 Å². The summed E-state index contributed by atoms with van der Waals surface area (Å²) < 4.78 is 5.66. The average molecular weight is 272 g/mol. The minimum Gasteiger partial charge on any atom is -0.382 e. The van der Waals surface area contributed by atoms with Crippen LogP contribution in [0.25, 0.3) is 0 Å². The number of amidine groups is 1. The third-order valence-corrected chi connectivity index (χ3v) is 2.84. The van der Waals surface area contributed by atoms with Crippen LogP contribution in [-0.4, -0.2) is 29.9 Å². The van der Waals surface area contributed by atoms with E-state index in [0.29, 0.717) is 0 Å². The molecule has 0 bridgehead atoms. The van der Waals surface area contributed by atoms with Gasteiger partial charge in [-0.1, -0.05) is 29.8 Å². The van der Waals surface area contributed by atoms with Crippen LogP contribution in [0, 0.1) is 12.3 Å². The van der Waals surface area contributed by atoms with E-state index in [1.165, 1.54) is 0 Å². The second-order valence-corrected chi connectivity index (χ2v) is 4.53. The number of rotatable bonds is 3. The molecule has 1 heterocycles. The number of carbonyl (C=O) groups excluding carboxylic acids is 1. The van der Waals surface area contributed by atoms with Crippen LogP contribution in [0.4, 0.5) is 0 Å². The molecule has 0 spiro atoms. The Bertz CT molecular complexity index is 607. The zero-order chi connectivity index (χ0) is 14.7. The molecule has 1 aliphatic heterocycles. The van der Waals surface area contributed by atoms with Crippen molar-refractivity contribution < 1.29 is 9.53 Å². The molecule has 3 N–H and O–H groups in total. The predicted octanol–water partition coefficient (Wildman–Crippen LogP) is 1.39. The Morgan fingerprint density at radius 1 is 1.55 bits per heavy atom. The summed E-state index contributed by atoms with van der Waals surface area (Å²) in [5.74, 6) is -0.720. The Morgan fingerprint density at radius 2 is 2.30 bits per heavy atom. The van der Waals surface area contributed by atoms with E-state index >= 15 is 0 Å². The zero-order valence-electron chi connectivity index (χ0n) is 11.3. The lowest BCUT2D eigenvalue weighted by Crippen LogP contribution is -2.23. The van der Waals surface area contributed by atoms with Crippen LogP contribution >= 0.6 is 0 Å². The van der Waals surface area contributed by atoms with Crippen molar-refractivity contribution in [2.24, 2.45) is 15.7 Å². The van der Waals surface area contributed by atoms with Crippen molar-refractivity contribution in [1.29, 1.82) is 5.41 Å². The van der Waals surface area contributed by atoms with Crippen molar-refractivity contribution in [3.8, 4) is 0 Å². The Morgan fingerprint density at radius 3 is 2.95 bits per heavy atom. The molecule has 1 aromatic carbocycles. The molecule has 2 unspecified atom stereocenters. The molecule has 0 fully saturated rings. The molecule has 2 atom stereocenters.